The van der Waals surface area contributed by atoms with Crippen LogP contribution < -0.4 is 0 Å². The number of hydrogen-bond donors (Lipinski definition) is 0. The van der Waals surface area contributed by atoms with E-state index < -0.39 is 10.0 Å². The molecule has 2 aromatic rings. The van der Waals surface area contributed by atoms with Gasteiger partial charge in [-0.3, -0.25) is 14.7 Å². The van der Waals surface area contributed by atoms with E-state index in [2.05, 4.69) is 16.0 Å². The number of piperidine rings is 1. The van der Waals surface area contributed by atoms with Crippen LogP contribution in [-0.2, 0) is 16.6 Å². The van der Waals surface area contributed by atoms with Crippen molar-refractivity contribution in [3.05, 3.63) is 59.4 Å². The smallest absolute Gasteiger partial charge is 0.254 e. The van der Waals surface area contributed by atoms with E-state index in [0.29, 0.717) is 25.2 Å². The van der Waals surface area contributed by atoms with Crippen molar-refractivity contribution in [1.82, 2.24) is 19.1 Å². The van der Waals surface area contributed by atoms with Crippen LogP contribution in [0.4, 0.5) is 0 Å². The highest BCUT2D eigenvalue weighted by molar-refractivity contribution is 7.89. The number of aromatic nitrogens is 1. The van der Waals surface area contributed by atoms with Gasteiger partial charge >= 0.3 is 0 Å². The van der Waals surface area contributed by atoms with E-state index >= 15 is 0 Å². The molecule has 0 bridgehead atoms. The van der Waals surface area contributed by atoms with Gasteiger partial charge in [-0.05, 0) is 56.0 Å². The molecule has 2 aliphatic rings. The third kappa shape index (κ3) is 4.87. The zero-order valence-electron chi connectivity index (χ0n) is 18.9. The zero-order chi connectivity index (χ0) is 22.7. The Morgan fingerprint density at radius 2 is 1.88 bits per heavy atom. The molecule has 32 heavy (non-hydrogen) atoms. The Hall–Kier alpha value is -2.29. The Morgan fingerprint density at radius 1 is 1.09 bits per heavy atom. The molecule has 4 rings (SSSR count). The molecule has 1 amide bonds. The van der Waals surface area contributed by atoms with Gasteiger partial charge in [0.15, 0.2) is 0 Å². The van der Waals surface area contributed by atoms with Gasteiger partial charge in [0.05, 0.1) is 4.90 Å². The first kappa shape index (κ1) is 22.9. The van der Waals surface area contributed by atoms with E-state index in [1.807, 2.05) is 31.0 Å². The molecule has 172 valence electrons. The molecule has 0 radical (unpaired) electrons. The average Bonchev–Trinajstić information content (AvgIpc) is 2.80. The van der Waals surface area contributed by atoms with Crippen molar-refractivity contribution in [3.8, 4) is 0 Å². The van der Waals surface area contributed by atoms with E-state index in [1.165, 1.54) is 0 Å². The average molecular weight is 457 g/mol. The molecule has 0 aliphatic carbocycles. The van der Waals surface area contributed by atoms with Crippen LogP contribution >= 0.6 is 0 Å². The molecule has 3 heterocycles. The first-order chi connectivity index (χ1) is 15.4. The minimum atomic E-state index is -3.61. The lowest BCUT2D eigenvalue weighted by Gasteiger charge is -2.35. The number of carbonyl (C=O) groups excluding carboxylic acids is 1. The normalized spacial score (nSPS) is 20.9. The van der Waals surface area contributed by atoms with Gasteiger partial charge in [-0.15, -0.1) is 0 Å². The first-order valence-corrected chi connectivity index (χ1v) is 12.8. The zero-order valence-corrected chi connectivity index (χ0v) is 19.7. The van der Waals surface area contributed by atoms with E-state index in [4.69, 9.17) is 0 Å². The molecule has 2 saturated heterocycles. The number of aryl methyl sites for hydroxylation is 1. The van der Waals surface area contributed by atoms with Crippen LogP contribution in [0.15, 0.2) is 47.6 Å². The van der Waals surface area contributed by atoms with Crippen LogP contribution in [0.2, 0.25) is 0 Å². The molecule has 1 aromatic heterocycles. The molecule has 8 heteroatoms. The number of pyridine rings is 1. The van der Waals surface area contributed by atoms with Gasteiger partial charge in [-0.25, -0.2) is 8.42 Å². The number of rotatable bonds is 5. The fourth-order valence-corrected chi connectivity index (χ4v) is 6.31. The molecule has 2 fully saturated rings. The van der Waals surface area contributed by atoms with Crippen molar-refractivity contribution in [2.45, 2.75) is 50.6 Å². The number of hydrogen-bond acceptors (Lipinski definition) is 5. The van der Waals surface area contributed by atoms with Crippen molar-refractivity contribution >= 4 is 15.9 Å². The minimum Gasteiger partial charge on any atom is -0.336 e. The van der Waals surface area contributed by atoms with Gasteiger partial charge < -0.3 is 4.90 Å². The van der Waals surface area contributed by atoms with Crippen LogP contribution in [0.25, 0.3) is 0 Å². The quantitative estimate of drug-likeness (QED) is 0.692. The fraction of sp³-hybridized carbons (Fsp3) is 0.500. The highest BCUT2D eigenvalue weighted by Gasteiger charge is 2.32. The monoisotopic (exact) mass is 456 g/mol. The number of benzene rings is 1. The molecular formula is C24H32N4O3S. The lowest BCUT2D eigenvalue weighted by Crippen LogP contribution is -2.48. The Bertz CT molecular complexity index is 1050. The molecular weight excluding hydrogens is 424 g/mol. The third-order valence-corrected chi connectivity index (χ3v) is 8.59. The number of carbonyl (C=O) groups is 1. The maximum Gasteiger partial charge on any atom is 0.254 e. The summed E-state index contributed by atoms with van der Waals surface area (Å²) in [6.45, 7) is 7.99. The fourth-order valence-electron chi connectivity index (χ4n) is 4.59. The van der Waals surface area contributed by atoms with Gasteiger partial charge in [-0.1, -0.05) is 18.6 Å². The Labute approximate surface area is 191 Å². The predicted molar refractivity (Wildman–Crippen MR) is 124 cm³/mol. The van der Waals surface area contributed by atoms with E-state index in [-0.39, 0.29) is 16.8 Å². The van der Waals surface area contributed by atoms with Crippen molar-refractivity contribution in [2.24, 2.45) is 0 Å². The summed E-state index contributed by atoms with van der Waals surface area (Å²) in [6, 6.07) is 8.95. The SMILES string of the molecule is Cc1ccc(S(=O)(=O)N2CCCCC2C)cc1C(=O)N1CCN(Cc2cccnc2)CC1. The van der Waals surface area contributed by atoms with Crippen LogP contribution in [0.5, 0.6) is 0 Å². The summed E-state index contributed by atoms with van der Waals surface area (Å²) < 4.78 is 28.1. The Balaban J connectivity index is 1.46. The molecule has 0 N–H and O–H groups in total. The van der Waals surface area contributed by atoms with Gasteiger partial charge in [0.2, 0.25) is 10.0 Å². The highest BCUT2D eigenvalue weighted by atomic mass is 32.2. The van der Waals surface area contributed by atoms with Gasteiger partial charge in [0.25, 0.3) is 5.91 Å². The summed E-state index contributed by atoms with van der Waals surface area (Å²) in [5.41, 5.74) is 2.45. The van der Waals surface area contributed by atoms with Crippen molar-refractivity contribution in [2.75, 3.05) is 32.7 Å². The lowest BCUT2D eigenvalue weighted by molar-refractivity contribution is 0.0627. The molecule has 2 aliphatic heterocycles. The van der Waals surface area contributed by atoms with Crippen molar-refractivity contribution < 1.29 is 13.2 Å². The summed E-state index contributed by atoms with van der Waals surface area (Å²) in [4.78, 5) is 21.8. The second-order valence-electron chi connectivity index (χ2n) is 8.87. The van der Waals surface area contributed by atoms with Gasteiger partial charge in [0.1, 0.15) is 0 Å². The molecule has 0 spiro atoms. The van der Waals surface area contributed by atoms with Crippen LogP contribution in [0.1, 0.15) is 47.7 Å². The lowest BCUT2D eigenvalue weighted by atomic mass is 10.1. The Kier molecular flexibility index (Phi) is 6.93. The third-order valence-electron chi connectivity index (χ3n) is 6.58. The predicted octanol–water partition coefficient (Wildman–Crippen LogP) is 2.91. The highest BCUT2D eigenvalue weighted by Crippen LogP contribution is 2.27. The topological polar surface area (TPSA) is 73.8 Å². The summed E-state index contributed by atoms with van der Waals surface area (Å²) >= 11 is 0. The van der Waals surface area contributed by atoms with Crippen molar-refractivity contribution in [1.29, 1.82) is 0 Å². The minimum absolute atomic E-state index is 0.0119. The number of amides is 1. The largest absolute Gasteiger partial charge is 0.336 e. The maximum atomic E-state index is 13.3. The van der Waals surface area contributed by atoms with Crippen LogP contribution in [-0.4, -0.2) is 72.2 Å². The molecule has 1 atom stereocenters. The molecule has 1 unspecified atom stereocenters. The standard InChI is InChI=1S/C24H32N4O3S/c1-19-8-9-22(32(30,31)28-11-4-3-6-20(28)2)16-23(19)24(29)27-14-12-26(13-15-27)18-21-7-5-10-25-17-21/h5,7-10,16-17,20H,3-4,6,11-15,18H2,1-2H3. The number of nitrogens with zero attached hydrogens (tertiary/aromatic N) is 4. The summed E-state index contributed by atoms with van der Waals surface area (Å²) in [5, 5.41) is 0. The maximum absolute atomic E-state index is 13.3. The van der Waals surface area contributed by atoms with Crippen LogP contribution in [0, 0.1) is 6.92 Å². The summed E-state index contributed by atoms with van der Waals surface area (Å²) in [6.07, 6.45) is 6.45. The van der Waals surface area contributed by atoms with E-state index in [9.17, 15) is 13.2 Å². The number of piperazine rings is 1. The summed E-state index contributed by atoms with van der Waals surface area (Å²) in [7, 11) is -3.61. The Morgan fingerprint density at radius 3 is 2.56 bits per heavy atom. The second-order valence-corrected chi connectivity index (χ2v) is 10.8. The van der Waals surface area contributed by atoms with Crippen LogP contribution in [0.3, 0.4) is 0 Å². The van der Waals surface area contributed by atoms with Crippen molar-refractivity contribution in [3.63, 3.8) is 0 Å². The summed E-state index contributed by atoms with van der Waals surface area (Å²) in [5.74, 6) is -0.0905. The number of sulfonamides is 1. The van der Waals surface area contributed by atoms with Gasteiger partial charge in [0, 0.05) is 63.3 Å². The molecule has 1 aromatic carbocycles. The first-order valence-electron chi connectivity index (χ1n) is 11.4. The molecule has 0 saturated carbocycles. The molecule has 7 nitrogen and oxygen atoms in total. The van der Waals surface area contributed by atoms with Gasteiger partial charge in [-0.2, -0.15) is 4.31 Å². The second kappa shape index (κ2) is 9.68. The van der Waals surface area contributed by atoms with E-state index in [0.717, 1.165) is 50.0 Å². The van der Waals surface area contributed by atoms with E-state index in [1.54, 1.807) is 28.7 Å².